The fourth-order valence-electron chi connectivity index (χ4n) is 3.18. The average molecular weight is 440 g/mol. The van der Waals surface area contributed by atoms with Gasteiger partial charge in [-0.3, -0.25) is 0 Å². The summed E-state index contributed by atoms with van der Waals surface area (Å²) in [4.78, 5) is 1.89. The molecule has 4 rings (SSSR count). The van der Waals surface area contributed by atoms with E-state index < -0.39 is 0 Å². The van der Waals surface area contributed by atoms with E-state index in [1.54, 1.807) is 23.2 Å². The molecule has 3 N–H and O–H groups in total. The van der Waals surface area contributed by atoms with Crippen molar-refractivity contribution < 1.29 is 15.3 Å². The number of anilines is 2. The summed E-state index contributed by atoms with van der Waals surface area (Å²) in [6.45, 7) is 0.715. The molecule has 0 aliphatic carbocycles. The Hall–Kier alpha value is -3.19. The fraction of sp³-hybridized carbons (Fsp3) is 0.0952. The number of phenolic OH excluding ortho intramolecular Hbond substituents is 3. The first-order chi connectivity index (χ1) is 13.5. The molecule has 142 valence electrons. The van der Waals surface area contributed by atoms with Crippen LogP contribution in [0.4, 0.5) is 11.4 Å². The number of rotatable bonds is 3. The Bertz CT molecular complexity index is 1050. The van der Waals surface area contributed by atoms with Gasteiger partial charge in [-0.2, -0.15) is 5.10 Å². The molecule has 7 heteroatoms. The van der Waals surface area contributed by atoms with E-state index in [0.717, 1.165) is 10.2 Å². The number of halogens is 1. The molecule has 3 aromatic rings. The van der Waals surface area contributed by atoms with E-state index in [9.17, 15) is 15.3 Å². The third-order valence-corrected chi connectivity index (χ3v) is 5.20. The van der Waals surface area contributed by atoms with E-state index in [2.05, 4.69) is 15.9 Å². The van der Waals surface area contributed by atoms with E-state index in [-0.39, 0.29) is 17.2 Å². The van der Waals surface area contributed by atoms with Gasteiger partial charge < -0.3 is 20.2 Å². The molecule has 0 saturated carbocycles. The van der Waals surface area contributed by atoms with Crippen LogP contribution in [0.3, 0.4) is 0 Å². The molecule has 0 atom stereocenters. The van der Waals surface area contributed by atoms with E-state index >= 15 is 0 Å². The van der Waals surface area contributed by atoms with Crippen molar-refractivity contribution >= 4 is 33.0 Å². The maximum absolute atomic E-state index is 10.3. The first-order valence-electron chi connectivity index (χ1n) is 8.68. The molecule has 0 spiro atoms. The summed E-state index contributed by atoms with van der Waals surface area (Å²) in [5.41, 5.74) is 2.59. The summed E-state index contributed by atoms with van der Waals surface area (Å²) >= 11 is 3.56. The maximum Gasteiger partial charge on any atom is 0.139 e. The van der Waals surface area contributed by atoms with Crippen LogP contribution in [-0.4, -0.2) is 34.2 Å². The largest absolute Gasteiger partial charge is 0.508 e. The van der Waals surface area contributed by atoms with Gasteiger partial charge in [0, 0.05) is 16.1 Å². The van der Waals surface area contributed by atoms with Gasteiger partial charge in [0.25, 0.3) is 0 Å². The molecule has 0 bridgehead atoms. The second-order valence-corrected chi connectivity index (χ2v) is 7.28. The van der Waals surface area contributed by atoms with Crippen molar-refractivity contribution in [1.29, 1.82) is 0 Å². The fourth-order valence-corrected chi connectivity index (χ4v) is 3.67. The summed E-state index contributed by atoms with van der Waals surface area (Å²) in [6, 6.07) is 19.1. The third-order valence-electron chi connectivity index (χ3n) is 4.53. The number of hydrogen-bond donors (Lipinski definition) is 3. The third kappa shape index (κ3) is 3.48. The van der Waals surface area contributed by atoms with Crippen LogP contribution in [0.25, 0.3) is 0 Å². The Morgan fingerprint density at radius 1 is 0.821 bits per heavy atom. The smallest absolute Gasteiger partial charge is 0.139 e. The SMILES string of the molecule is Oc1ccc(O)c(N2CC(c3ccccc3O)=NN(c3ccccc3Br)C2)c1. The standard InChI is InChI=1S/C21H18BrN3O3/c22-16-6-2-3-7-18(16)25-13-24(19-11-14(26)9-10-21(19)28)12-17(23-25)15-5-1-4-8-20(15)27/h1-11,26-28H,12-13H2. The van der Waals surface area contributed by atoms with E-state index in [1.807, 2.05) is 35.2 Å². The van der Waals surface area contributed by atoms with Gasteiger partial charge in [0.05, 0.1) is 23.6 Å². The van der Waals surface area contributed by atoms with Gasteiger partial charge in [-0.1, -0.05) is 24.3 Å². The number of para-hydroxylation sites is 2. The molecule has 1 aliphatic rings. The molecule has 0 radical (unpaired) electrons. The first kappa shape index (κ1) is 18.2. The summed E-state index contributed by atoms with van der Waals surface area (Å²) < 4.78 is 0.873. The van der Waals surface area contributed by atoms with Crippen molar-refractivity contribution in [2.45, 2.75) is 0 Å². The predicted octanol–water partition coefficient (Wildman–Crippen LogP) is 4.25. The van der Waals surface area contributed by atoms with Gasteiger partial charge in [-0.05, 0) is 52.3 Å². The molecule has 28 heavy (non-hydrogen) atoms. The van der Waals surface area contributed by atoms with E-state index in [0.29, 0.717) is 30.2 Å². The molecule has 1 heterocycles. The predicted molar refractivity (Wildman–Crippen MR) is 113 cm³/mol. The Morgan fingerprint density at radius 2 is 1.57 bits per heavy atom. The van der Waals surface area contributed by atoms with Crippen LogP contribution in [0.1, 0.15) is 5.56 Å². The molecule has 0 fully saturated rings. The lowest BCUT2D eigenvalue weighted by Gasteiger charge is -2.36. The van der Waals surface area contributed by atoms with Crippen molar-refractivity contribution in [3.63, 3.8) is 0 Å². The number of hydrogen-bond acceptors (Lipinski definition) is 6. The second-order valence-electron chi connectivity index (χ2n) is 6.43. The molecule has 0 aromatic heterocycles. The molecular weight excluding hydrogens is 422 g/mol. The van der Waals surface area contributed by atoms with Gasteiger partial charge >= 0.3 is 0 Å². The molecular formula is C21H18BrN3O3. The highest BCUT2D eigenvalue weighted by Crippen LogP contribution is 2.35. The summed E-state index contributed by atoms with van der Waals surface area (Å²) in [5.74, 6) is 0.255. The second kappa shape index (κ2) is 7.44. The number of phenols is 3. The molecule has 0 unspecified atom stereocenters. The number of hydrazone groups is 1. The van der Waals surface area contributed by atoms with Crippen molar-refractivity contribution in [1.82, 2.24) is 0 Å². The van der Waals surface area contributed by atoms with Crippen LogP contribution < -0.4 is 9.91 Å². The summed E-state index contributed by atoms with van der Waals surface area (Å²) in [7, 11) is 0. The first-order valence-corrected chi connectivity index (χ1v) is 9.47. The van der Waals surface area contributed by atoms with Crippen LogP contribution in [-0.2, 0) is 0 Å². The van der Waals surface area contributed by atoms with Crippen LogP contribution in [0.2, 0.25) is 0 Å². The topological polar surface area (TPSA) is 79.5 Å². The van der Waals surface area contributed by atoms with Crippen LogP contribution in [0.5, 0.6) is 17.2 Å². The monoisotopic (exact) mass is 439 g/mol. The number of aromatic hydroxyl groups is 3. The minimum Gasteiger partial charge on any atom is -0.508 e. The molecule has 1 aliphatic heterocycles. The Kier molecular flexibility index (Phi) is 4.83. The highest BCUT2D eigenvalue weighted by molar-refractivity contribution is 9.10. The van der Waals surface area contributed by atoms with Gasteiger partial charge in [0.2, 0.25) is 0 Å². The summed E-state index contributed by atoms with van der Waals surface area (Å²) in [6.07, 6.45) is 0. The van der Waals surface area contributed by atoms with Crippen LogP contribution in [0, 0.1) is 0 Å². The van der Waals surface area contributed by atoms with Gasteiger partial charge in [-0.25, -0.2) is 5.01 Å². The zero-order chi connectivity index (χ0) is 19.7. The van der Waals surface area contributed by atoms with Gasteiger partial charge in [0.15, 0.2) is 0 Å². The van der Waals surface area contributed by atoms with E-state index in [1.165, 1.54) is 18.2 Å². The normalized spacial score (nSPS) is 14.1. The van der Waals surface area contributed by atoms with Crippen molar-refractivity contribution in [2.75, 3.05) is 23.1 Å². The molecule has 0 saturated heterocycles. The highest BCUT2D eigenvalue weighted by Gasteiger charge is 2.26. The van der Waals surface area contributed by atoms with Gasteiger partial charge in [0.1, 0.15) is 23.9 Å². The van der Waals surface area contributed by atoms with Crippen molar-refractivity contribution in [2.24, 2.45) is 5.10 Å². The lowest BCUT2D eigenvalue weighted by atomic mass is 10.1. The minimum atomic E-state index is 0.0587. The maximum atomic E-state index is 10.3. The van der Waals surface area contributed by atoms with E-state index in [4.69, 9.17) is 5.10 Å². The Morgan fingerprint density at radius 3 is 2.36 bits per heavy atom. The van der Waals surface area contributed by atoms with Crippen molar-refractivity contribution in [3.8, 4) is 17.2 Å². The lowest BCUT2D eigenvalue weighted by Crippen LogP contribution is -2.44. The van der Waals surface area contributed by atoms with Crippen molar-refractivity contribution in [3.05, 3.63) is 76.8 Å². The van der Waals surface area contributed by atoms with Crippen LogP contribution >= 0.6 is 15.9 Å². The molecule has 0 amide bonds. The highest BCUT2D eigenvalue weighted by atomic mass is 79.9. The van der Waals surface area contributed by atoms with Crippen LogP contribution in [0.15, 0.2) is 76.3 Å². The summed E-state index contributed by atoms with van der Waals surface area (Å²) in [5, 5.41) is 37.1. The average Bonchev–Trinajstić information content (AvgIpc) is 2.70. The lowest BCUT2D eigenvalue weighted by molar-refractivity contribution is 0.459. The number of benzene rings is 3. The number of nitrogens with zero attached hydrogens (tertiary/aromatic N) is 3. The minimum absolute atomic E-state index is 0.0587. The molecule has 6 nitrogen and oxygen atoms in total. The Labute approximate surface area is 170 Å². The molecule has 3 aromatic carbocycles. The zero-order valence-corrected chi connectivity index (χ0v) is 16.4. The van der Waals surface area contributed by atoms with Gasteiger partial charge in [-0.15, -0.1) is 0 Å². The Balaban J connectivity index is 1.82. The quantitative estimate of drug-likeness (QED) is 0.531. The zero-order valence-electron chi connectivity index (χ0n) is 14.8.